The number of anilines is 2. The maximum Gasteiger partial charge on any atom is 0.337 e. The van der Waals surface area contributed by atoms with Crippen LogP contribution in [0.2, 0.25) is 0 Å². The first-order chi connectivity index (χ1) is 9.79. The van der Waals surface area contributed by atoms with Crippen molar-refractivity contribution < 1.29 is 9.90 Å². The van der Waals surface area contributed by atoms with Gasteiger partial charge in [0.2, 0.25) is 0 Å². The van der Waals surface area contributed by atoms with Crippen LogP contribution in [0, 0.1) is 11.3 Å². The number of nitrogens with zero attached hydrogens (tertiary/aromatic N) is 1. The van der Waals surface area contributed by atoms with Crippen molar-refractivity contribution in [2.45, 2.75) is 40.0 Å². The Balaban J connectivity index is 2.16. The molecule has 116 valence electrons. The van der Waals surface area contributed by atoms with Gasteiger partial charge in [0.05, 0.1) is 5.56 Å². The smallest absolute Gasteiger partial charge is 0.337 e. The number of carboxylic acid groups (broad SMARTS) is 1. The molecule has 21 heavy (non-hydrogen) atoms. The minimum atomic E-state index is -0.961. The molecular weight excluding hydrogens is 264 g/mol. The van der Waals surface area contributed by atoms with Crippen molar-refractivity contribution in [1.29, 1.82) is 0 Å². The first-order valence-corrected chi connectivity index (χ1v) is 7.67. The third kappa shape index (κ3) is 3.69. The lowest BCUT2D eigenvalue weighted by atomic mass is 9.77. The second kappa shape index (κ2) is 5.96. The van der Waals surface area contributed by atoms with Gasteiger partial charge in [-0.15, -0.1) is 0 Å². The van der Waals surface area contributed by atoms with Crippen molar-refractivity contribution in [1.82, 2.24) is 0 Å². The van der Waals surface area contributed by atoms with E-state index in [0.717, 1.165) is 37.5 Å². The summed E-state index contributed by atoms with van der Waals surface area (Å²) >= 11 is 0. The number of nitrogen functional groups attached to an aromatic ring is 1. The van der Waals surface area contributed by atoms with Crippen LogP contribution in [0.3, 0.4) is 0 Å². The zero-order valence-corrected chi connectivity index (χ0v) is 13.2. The third-order valence-electron chi connectivity index (χ3n) is 4.59. The van der Waals surface area contributed by atoms with E-state index in [9.17, 15) is 9.90 Å². The van der Waals surface area contributed by atoms with E-state index >= 15 is 0 Å². The molecular formula is C17H26N2O2. The predicted octanol–water partition coefficient (Wildman–Crippen LogP) is 3.62. The van der Waals surface area contributed by atoms with Gasteiger partial charge in [-0.1, -0.05) is 20.8 Å². The van der Waals surface area contributed by atoms with Crippen molar-refractivity contribution >= 4 is 17.3 Å². The maximum absolute atomic E-state index is 11.2. The van der Waals surface area contributed by atoms with E-state index in [1.54, 1.807) is 12.1 Å². The third-order valence-corrected chi connectivity index (χ3v) is 4.59. The molecule has 4 nitrogen and oxygen atoms in total. The molecule has 0 spiro atoms. The number of carboxylic acids is 1. The Morgan fingerprint density at radius 1 is 1.29 bits per heavy atom. The van der Waals surface area contributed by atoms with Crippen LogP contribution >= 0.6 is 0 Å². The number of benzene rings is 1. The molecule has 0 radical (unpaired) electrons. The van der Waals surface area contributed by atoms with Crippen LogP contribution in [-0.4, -0.2) is 24.2 Å². The molecule has 1 aliphatic heterocycles. The van der Waals surface area contributed by atoms with Gasteiger partial charge in [0.25, 0.3) is 0 Å². The van der Waals surface area contributed by atoms with E-state index in [1.807, 2.05) is 6.07 Å². The summed E-state index contributed by atoms with van der Waals surface area (Å²) in [5.74, 6) is -0.244. The van der Waals surface area contributed by atoms with Crippen molar-refractivity contribution in [3.63, 3.8) is 0 Å². The highest BCUT2D eigenvalue weighted by Gasteiger charge is 2.27. The van der Waals surface area contributed by atoms with E-state index < -0.39 is 5.97 Å². The van der Waals surface area contributed by atoms with Gasteiger partial charge < -0.3 is 15.7 Å². The summed E-state index contributed by atoms with van der Waals surface area (Å²) in [6, 6.07) is 5.33. The molecule has 1 fully saturated rings. The van der Waals surface area contributed by atoms with E-state index in [0.29, 0.717) is 11.1 Å². The van der Waals surface area contributed by atoms with Crippen molar-refractivity contribution in [2.75, 3.05) is 23.7 Å². The van der Waals surface area contributed by atoms with Gasteiger partial charge in [-0.25, -0.2) is 4.79 Å². The van der Waals surface area contributed by atoms with Crippen molar-refractivity contribution in [2.24, 2.45) is 11.3 Å². The van der Waals surface area contributed by atoms with E-state index in [-0.39, 0.29) is 5.56 Å². The fourth-order valence-electron chi connectivity index (χ4n) is 3.15. The second-order valence-electron chi connectivity index (χ2n) is 7.06. The summed E-state index contributed by atoms with van der Waals surface area (Å²) in [5, 5.41) is 9.19. The Hall–Kier alpha value is -1.71. The number of nitrogens with two attached hydrogens (primary N) is 1. The molecule has 0 aromatic heterocycles. The van der Waals surface area contributed by atoms with Crippen LogP contribution in [0.1, 0.15) is 50.4 Å². The molecule has 0 saturated carbocycles. The SMILES string of the molecule is CC(C)(C)C1CCCN(c2ccc(N)c(C(=O)O)c2)CC1. The largest absolute Gasteiger partial charge is 0.478 e. The summed E-state index contributed by atoms with van der Waals surface area (Å²) in [5.41, 5.74) is 7.56. The van der Waals surface area contributed by atoms with Gasteiger partial charge >= 0.3 is 5.97 Å². The standard InChI is InChI=1S/C17H26N2O2/c1-17(2,3)12-5-4-9-19(10-8-12)13-6-7-15(18)14(11-13)16(20)21/h6-7,11-12H,4-5,8-10,18H2,1-3H3,(H,20,21). The molecule has 3 N–H and O–H groups in total. The number of rotatable bonds is 2. The number of aromatic carboxylic acids is 1. The number of hydrogen-bond donors (Lipinski definition) is 2. The fraction of sp³-hybridized carbons (Fsp3) is 0.588. The summed E-state index contributed by atoms with van der Waals surface area (Å²) < 4.78 is 0. The Morgan fingerprint density at radius 2 is 2.00 bits per heavy atom. The van der Waals surface area contributed by atoms with Crippen LogP contribution in [0.25, 0.3) is 0 Å². The van der Waals surface area contributed by atoms with Crippen LogP contribution in [0.15, 0.2) is 18.2 Å². The molecule has 1 aromatic carbocycles. The minimum absolute atomic E-state index is 0.198. The quantitative estimate of drug-likeness (QED) is 0.816. The van der Waals surface area contributed by atoms with Gasteiger partial charge in [0.1, 0.15) is 0 Å². The molecule has 1 saturated heterocycles. The molecule has 1 heterocycles. The van der Waals surface area contributed by atoms with Crippen molar-refractivity contribution in [3.05, 3.63) is 23.8 Å². The molecule has 0 bridgehead atoms. The van der Waals surface area contributed by atoms with Gasteiger partial charge in [-0.2, -0.15) is 0 Å². The maximum atomic E-state index is 11.2. The van der Waals surface area contributed by atoms with Crippen LogP contribution in [0.4, 0.5) is 11.4 Å². The molecule has 4 heteroatoms. The Morgan fingerprint density at radius 3 is 2.62 bits per heavy atom. The molecule has 0 aliphatic carbocycles. The molecule has 1 unspecified atom stereocenters. The summed E-state index contributed by atoms with van der Waals surface area (Å²) in [7, 11) is 0. The minimum Gasteiger partial charge on any atom is -0.478 e. The van der Waals surface area contributed by atoms with E-state index in [1.165, 1.54) is 6.42 Å². The average molecular weight is 290 g/mol. The Bertz CT molecular complexity index is 520. The van der Waals surface area contributed by atoms with Crippen molar-refractivity contribution in [3.8, 4) is 0 Å². The lowest BCUT2D eigenvalue weighted by Crippen LogP contribution is -2.26. The fourth-order valence-corrected chi connectivity index (χ4v) is 3.15. The van der Waals surface area contributed by atoms with Gasteiger partial charge in [0.15, 0.2) is 0 Å². The molecule has 1 aliphatic rings. The first kappa shape index (κ1) is 15.7. The summed E-state index contributed by atoms with van der Waals surface area (Å²) in [6.07, 6.45) is 3.53. The van der Waals surface area contributed by atoms with Crippen LogP contribution in [-0.2, 0) is 0 Å². The topological polar surface area (TPSA) is 66.6 Å². The average Bonchev–Trinajstić information content (AvgIpc) is 2.64. The molecule has 0 amide bonds. The first-order valence-electron chi connectivity index (χ1n) is 7.67. The highest BCUT2D eigenvalue weighted by Crippen LogP contribution is 2.35. The summed E-state index contributed by atoms with van der Waals surface area (Å²) in [6.45, 7) is 8.87. The van der Waals surface area contributed by atoms with Crippen LogP contribution < -0.4 is 10.6 Å². The van der Waals surface area contributed by atoms with Gasteiger partial charge in [0, 0.05) is 24.5 Å². The van der Waals surface area contributed by atoms with E-state index in [4.69, 9.17) is 5.73 Å². The Kier molecular flexibility index (Phi) is 4.45. The zero-order valence-electron chi connectivity index (χ0n) is 13.2. The second-order valence-corrected chi connectivity index (χ2v) is 7.06. The van der Waals surface area contributed by atoms with Gasteiger partial charge in [-0.3, -0.25) is 0 Å². The normalized spacial score (nSPS) is 20.1. The van der Waals surface area contributed by atoms with Crippen LogP contribution in [0.5, 0.6) is 0 Å². The lowest BCUT2D eigenvalue weighted by Gasteiger charge is -2.30. The number of carbonyl (C=O) groups is 1. The van der Waals surface area contributed by atoms with E-state index in [2.05, 4.69) is 25.7 Å². The predicted molar refractivity (Wildman–Crippen MR) is 86.8 cm³/mol. The highest BCUT2D eigenvalue weighted by molar-refractivity contribution is 5.94. The Labute approximate surface area is 126 Å². The highest BCUT2D eigenvalue weighted by atomic mass is 16.4. The molecule has 1 atom stereocenters. The summed E-state index contributed by atoms with van der Waals surface area (Å²) in [4.78, 5) is 13.5. The molecule has 1 aromatic rings. The lowest BCUT2D eigenvalue weighted by molar-refractivity contribution is 0.0698. The number of hydrogen-bond acceptors (Lipinski definition) is 3. The van der Waals surface area contributed by atoms with Gasteiger partial charge in [-0.05, 0) is 48.8 Å². The molecule has 2 rings (SSSR count). The monoisotopic (exact) mass is 290 g/mol. The zero-order chi connectivity index (χ0) is 15.6.